The topological polar surface area (TPSA) is 75.7 Å². The standard InChI is InChI=1S/C12H7BrF3N5O/c13-7-3-6(22-12(14,15)16)1-2-8(7)21-11-9-10(18-4-17-9)19-5-20-11/h1-5H,(H2,17,18,19,20,21). The van der Waals surface area contributed by atoms with Crippen molar-refractivity contribution < 1.29 is 17.9 Å². The van der Waals surface area contributed by atoms with E-state index in [0.29, 0.717) is 27.1 Å². The molecule has 3 aromatic rings. The Morgan fingerprint density at radius 1 is 1.18 bits per heavy atom. The Labute approximate surface area is 129 Å². The van der Waals surface area contributed by atoms with E-state index in [1.54, 1.807) is 0 Å². The molecule has 0 radical (unpaired) electrons. The Bertz CT molecular complexity index is 820. The van der Waals surface area contributed by atoms with Gasteiger partial charge in [0.05, 0.1) is 12.0 Å². The van der Waals surface area contributed by atoms with Gasteiger partial charge in [-0.05, 0) is 34.1 Å². The molecule has 0 amide bonds. The first-order valence-corrected chi connectivity index (χ1v) is 6.68. The maximum absolute atomic E-state index is 12.2. The highest BCUT2D eigenvalue weighted by Crippen LogP contribution is 2.32. The molecule has 0 bridgehead atoms. The van der Waals surface area contributed by atoms with Gasteiger partial charge in [0.1, 0.15) is 12.1 Å². The van der Waals surface area contributed by atoms with E-state index < -0.39 is 6.36 Å². The summed E-state index contributed by atoms with van der Waals surface area (Å²) in [5.74, 6) is 0.106. The zero-order chi connectivity index (χ0) is 15.7. The number of benzene rings is 1. The van der Waals surface area contributed by atoms with Gasteiger partial charge >= 0.3 is 6.36 Å². The van der Waals surface area contributed by atoms with E-state index >= 15 is 0 Å². The Morgan fingerprint density at radius 3 is 2.73 bits per heavy atom. The minimum atomic E-state index is -4.73. The van der Waals surface area contributed by atoms with Crippen LogP contribution < -0.4 is 10.1 Å². The number of hydrogen-bond acceptors (Lipinski definition) is 5. The molecule has 0 saturated carbocycles. The molecule has 2 heterocycles. The van der Waals surface area contributed by atoms with Crippen molar-refractivity contribution in [1.82, 2.24) is 19.9 Å². The molecule has 0 atom stereocenters. The second-order valence-electron chi connectivity index (χ2n) is 4.14. The summed E-state index contributed by atoms with van der Waals surface area (Å²) < 4.78 is 40.8. The lowest BCUT2D eigenvalue weighted by atomic mass is 10.3. The molecule has 2 N–H and O–H groups in total. The van der Waals surface area contributed by atoms with E-state index in [-0.39, 0.29) is 5.75 Å². The summed E-state index contributed by atoms with van der Waals surface area (Å²) in [6.45, 7) is 0. The van der Waals surface area contributed by atoms with Crippen molar-refractivity contribution in [3.63, 3.8) is 0 Å². The minimum Gasteiger partial charge on any atom is -0.406 e. The predicted molar refractivity (Wildman–Crippen MR) is 75.8 cm³/mol. The lowest BCUT2D eigenvalue weighted by Crippen LogP contribution is -2.17. The highest BCUT2D eigenvalue weighted by Gasteiger charge is 2.31. The van der Waals surface area contributed by atoms with Gasteiger partial charge in [0.15, 0.2) is 17.0 Å². The zero-order valence-electron chi connectivity index (χ0n) is 10.6. The molecule has 1 aromatic carbocycles. The first-order valence-electron chi connectivity index (χ1n) is 5.89. The van der Waals surface area contributed by atoms with Crippen LogP contribution in [0.3, 0.4) is 0 Å². The monoisotopic (exact) mass is 373 g/mol. The van der Waals surface area contributed by atoms with Crippen molar-refractivity contribution in [2.24, 2.45) is 0 Å². The highest BCUT2D eigenvalue weighted by molar-refractivity contribution is 9.10. The molecule has 0 aliphatic carbocycles. The summed E-state index contributed by atoms with van der Waals surface area (Å²) in [4.78, 5) is 15.0. The second kappa shape index (κ2) is 5.44. The average molecular weight is 374 g/mol. The van der Waals surface area contributed by atoms with E-state index in [2.05, 4.69) is 45.9 Å². The summed E-state index contributed by atoms with van der Waals surface area (Å²) >= 11 is 3.19. The molecule has 0 aliphatic heterocycles. The Morgan fingerprint density at radius 2 is 2.00 bits per heavy atom. The quantitative estimate of drug-likeness (QED) is 0.730. The third kappa shape index (κ3) is 3.11. The van der Waals surface area contributed by atoms with Crippen molar-refractivity contribution in [2.75, 3.05) is 5.32 Å². The van der Waals surface area contributed by atoms with Gasteiger partial charge in [-0.1, -0.05) is 0 Å². The summed E-state index contributed by atoms with van der Waals surface area (Å²) in [5, 5.41) is 2.97. The number of nitrogens with zero attached hydrogens (tertiary/aromatic N) is 3. The van der Waals surface area contributed by atoms with Gasteiger partial charge in [-0.2, -0.15) is 0 Å². The van der Waals surface area contributed by atoms with Crippen LogP contribution in [-0.2, 0) is 0 Å². The fourth-order valence-electron chi connectivity index (χ4n) is 1.78. The summed E-state index contributed by atoms with van der Waals surface area (Å²) in [7, 11) is 0. The first kappa shape index (κ1) is 14.6. The maximum atomic E-state index is 12.2. The maximum Gasteiger partial charge on any atom is 0.573 e. The van der Waals surface area contributed by atoms with Crippen LogP contribution in [0, 0.1) is 0 Å². The van der Waals surface area contributed by atoms with Gasteiger partial charge in [0.25, 0.3) is 0 Å². The van der Waals surface area contributed by atoms with Crippen LogP contribution >= 0.6 is 15.9 Å². The minimum absolute atomic E-state index is 0.322. The zero-order valence-corrected chi connectivity index (χ0v) is 12.2. The fraction of sp³-hybridized carbons (Fsp3) is 0.0833. The Kier molecular flexibility index (Phi) is 3.61. The number of H-pyrrole nitrogens is 1. The third-order valence-corrected chi connectivity index (χ3v) is 3.30. The van der Waals surface area contributed by atoms with Gasteiger partial charge in [-0.3, -0.25) is 0 Å². The Hall–Kier alpha value is -2.36. The molecule has 0 aliphatic rings. The molecule has 22 heavy (non-hydrogen) atoms. The number of aromatic amines is 1. The average Bonchev–Trinajstić information content (AvgIpc) is 2.89. The number of alkyl halides is 3. The normalized spacial score (nSPS) is 11.6. The van der Waals surface area contributed by atoms with Crippen LogP contribution in [0.25, 0.3) is 11.2 Å². The molecule has 0 spiro atoms. The van der Waals surface area contributed by atoms with E-state index in [0.717, 1.165) is 0 Å². The molecule has 0 fully saturated rings. The number of anilines is 2. The van der Waals surface area contributed by atoms with Crippen LogP contribution in [0.15, 0.2) is 35.3 Å². The van der Waals surface area contributed by atoms with E-state index in [9.17, 15) is 13.2 Å². The van der Waals surface area contributed by atoms with Gasteiger partial charge in [-0.25, -0.2) is 15.0 Å². The molecular weight excluding hydrogens is 367 g/mol. The molecule has 0 unspecified atom stereocenters. The molecule has 3 rings (SSSR count). The van der Waals surface area contributed by atoms with E-state index in [4.69, 9.17) is 0 Å². The lowest BCUT2D eigenvalue weighted by molar-refractivity contribution is -0.274. The van der Waals surface area contributed by atoms with E-state index in [1.807, 2.05) is 0 Å². The largest absolute Gasteiger partial charge is 0.573 e. The van der Waals surface area contributed by atoms with Crippen LogP contribution in [0.2, 0.25) is 0 Å². The van der Waals surface area contributed by atoms with Gasteiger partial charge in [-0.15, -0.1) is 13.2 Å². The predicted octanol–water partition coefficient (Wildman–Crippen LogP) is 3.76. The molecule has 2 aromatic heterocycles. The molecule has 10 heteroatoms. The fourth-order valence-corrected chi connectivity index (χ4v) is 2.23. The number of ether oxygens (including phenoxy) is 1. The number of imidazole rings is 1. The van der Waals surface area contributed by atoms with Crippen molar-refractivity contribution in [3.8, 4) is 5.75 Å². The SMILES string of the molecule is FC(F)(F)Oc1ccc(Nc2ncnc3[nH]cnc23)c(Br)c1. The number of fused-ring (bicyclic) bond motifs is 1. The van der Waals surface area contributed by atoms with Crippen molar-refractivity contribution in [3.05, 3.63) is 35.3 Å². The van der Waals surface area contributed by atoms with Crippen LogP contribution in [-0.4, -0.2) is 26.3 Å². The van der Waals surface area contributed by atoms with Crippen LogP contribution in [0.4, 0.5) is 24.7 Å². The third-order valence-electron chi connectivity index (χ3n) is 2.64. The number of halogens is 4. The number of aromatic nitrogens is 4. The summed E-state index contributed by atoms with van der Waals surface area (Å²) in [5.41, 5.74) is 1.58. The summed E-state index contributed by atoms with van der Waals surface area (Å²) in [6.07, 6.45) is -1.92. The number of hydrogen-bond donors (Lipinski definition) is 2. The van der Waals surface area contributed by atoms with Crippen molar-refractivity contribution >= 4 is 38.6 Å². The highest BCUT2D eigenvalue weighted by atomic mass is 79.9. The van der Waals surface area contributed by atoms with Crippen LogP contribution in [0.1, 0.15) is 0 Å². The first-order chi connectivity index (χ1) is 10.4. The van der Waals surface area contributed by atoms with Gasteiger partial charge in [0, 0.05) is 4.47 Å². The Balaban J connectivity index is 1.88. The van der Waals surface area contributed by atoms with Gasteiger partial charge in [0.2, 0.25) is 0 Å². The van der Waals surface area contributed by atoms with Crippen molar-refractivity contribution in [2.45, 2.75) is 6.36 Å². The molecule has 0 saturated heterocycles. The van der Waals surface area contributed by atoms with Gasteiger partial charge < -0.3 is 15.0 Å². The second-order valence-corrected chi connectivity index (χ2v) is 4.99. The molecule has 114 valence electrons. The number of rotatable bonds is 3. The van der Waals surface area contributed by atoms with Crippen LogP contribution in [0.5, 0.6) is 5.75 Å². The summed E-state index contributed by atoms with van der Waals surface area (Å²) in [6, 6.07) is 3.84. The smallest absolute Gasteiger partial charge is 0.406 e. The van der Waals surface area contributed by atoms with E-state index in [1.165, 1.54) is 30.9 Å². The molecule has 6 nitrogen and oxygen atoms in total. The number of nitrogens with one attached hydrogen (secondary N) is 2. The van der Waals surface area contributed by atoms with Crippen molar-refractivity contribution in [1.29, 1.82) is 0 Å². The lowest BCUT2D eigenvalue weighted by Gasteiger charge is -2.12. The molecular formula is C12H7BrF3N5O.